The van der Waals surface area contributed by atoms with E-state index in [-0.39, 0.29) is 11.3 Å². The minimum atomic E-state index is -0.975. The van der Waals surface area contributed by atoms with Gasteiger partial charge < -0.3 is 0 Å². The molecule has 1 aromatic rings. The number of hydrogen-bond acceptors (Lipinski definition) is 4. The largest absolute Gasteiger partial charge is 0.281 e. The van der Waals surface area contributed by atoms with Crippen LogP contribution in [0.2, 0.25) is 0 Å². The van der Waals surface area contributed by atoms with Gasteiger partial charge in [0.15, 0.2) is 0 Å². The summed E-state index contributed by atoms with van der Waals surface area (Å²) in [6.45, 7) is 0. The lowest BCUT2D eigenvalue weighted by Gasteiger charge is -1.98. The summed E-state index contributed by atoms with van der Waals surface area (Å²) in [6, 6.07) is 3.34. The van der Waals surface area contributed by atoms with Crippen molar-refractivity contribution in [3.63, 3.8) is 0 Å². The molecule has 1 aromatic carbocycles. The molecule has 15 heavy (non-hydrogen) atoms. The van der Waals surface area contributed by atoms with Gasteiger partial charge in [-0.2, -0.15) is 0 Å². The van der Waals surface area contributed by atoms with Gasteiger partial charge in [-0.1, -0.05) is 5.11 Å². The molecule has 0 fully saturated rings. The molecule has 76 valence electrons. The number of nitro groups is 1. The Morgan fingerprint density at radius 2 is 2.27 bits per heavy atom. The van der Waals surface area contributed by atoms with Crippen LogP contribution in [0.1, 0.15) is 10.4 Å². The standard InChI is InChI=1S/C7H3ClN4O3/c8-7(13)5-3-4(10-11-9)1-2-6(5)12(14)15/h1-3H. The highest BCUT2D eigenvalue weighted by atomic mass is 35.5. The van der Waals surface area contributed by atoms with Crippen LogP contribution < -0.4 is 0 Å². The third kappa shape index (κ3) is 2.43. The highest BCUT2D eigenvalue weighted by Gasteiger charge is 2.18. The Morgan fingerprint density at radius 1 is 1.60 bits per heavy atom. The lowest BCUT2D eigenvalue weighted by atomic mass is 10.2. The Hall–Kier alpha value is -2.11. The Balaban J connectivity index is 3.39. The summed E-state index contributed by atoms with van der Waals surface area (Å²) in [4.78, 5) is 23.1. The van der Waals surface area contributed by atoms with E-state index in [1.54, 1.807) is 0 Å². The van der Waals surface area contributed by atoms with Crippen LogP contribution in [0.15, 0.2) is 23.3 Å². The molecule has 0 heterocycles. The fourth-order valence-corrected chi connectivity index (χ4v) is 1.11. The molecule has 0 aliphatic rings. The first kappa shape index (κ1) is 11.0. The summed E-state index contributed by atoms with van der Waals surface area (Å²) in [6.07, 6.45) is 0. The Bertz CT molecular complexity index is 481. The predicted molar refractivity (Wildman–Crippen MR) is 52.1 cm³/mol. The molecule has 8 heteroatoms. The van der Waals surface area contributed by atoms with Crippen molar-refractivity contribution < 1.29 is 9.72 Å². The van der Waals surface area contributed by atoms with Gasteiger partial charge in [-0.3, -0.25) is 14.9 Å². The normalized spacial score (nSPS) is 9.13. The zero-order valence-corrected chi connectivity index (χ0v) is 7.88. The number of benzene rings is 1. The summed E-state index contributed by atoms with van der Waals surface area (Å²) in [5.74, 6) is 0. The second kappa shape index (κ2) is 4.41. The van der Waals surface area contributed by atoms with Crippen molar-refractivity contribution in [1.29, 1.82) is 0 Å². The van der Waals surface area contributed by atoms with Crippen LogP contribution in [-0.2, 0) is 0 Å². The molecule has 0 unspecified atom stereocenters. The lowest BCUT2D eigenvalue weighted by Crippen LogP contribution is -1.97. The van der Waals surface area contributed by atoms with Gasteiger partial charge in [0.1, 0.15) is 5.56 Å². The van der Waals surface area contributed by atoms with Gasteiger partial charge >= 0.3 is 0 Å². The van der Waals surface area contributed by atoms with E-state index >= 15 is 0 Å². The van der Waals surface area contributed by atoms with Crippen molar-refractivity contribution >= 4 is 28.2 Å². The molecule has 0 atom stereocenters. The summed E-state index contributed by atoms with van der Waals surface area (Å²) in [5, 5.41) is 12.7. The molecule has 0 spiro atoms. The first-order chi connectivity index (χ1) is 7.06. The quantitative estimate of drug-likeness (QED) is 0.197. The van der Waals surface area contributed by atoms with Crippen LogP contribution in [0, 0.1) is 10.1 Å². The molecule has 0 aliphatic carbocycles. The van der Waals surface area contributed by atoms with Gasteiger partial charge in [0.25, 0.3) is 10.9 Å². The third-order valence-electron chi connectivity index (χ3n) is 1.55. The van der Waals surface area contributed by atoms with Gasteiger partial charge in [-0.05, 0) is 29.3 Å². The van der Waals surface area contributed by atoms with E-state index in [2.05, 4.69) is 10.0 Å². The summed E-state index contributed by atoms with van der Waals surface area (Å²) >= 11 is 5.15. The number of halogens is 1. The number of azide groups is 1. The molecule has 0 saturated heterocycles. The lowest BCUT2D eigenvalue weighted by molar-refractivity contribution is -0.385. The van der Waals surface area contributed by atoms with Crippen LogP contribution in [0.4, 0.5) is 11.4 Å². The number of nitrogens with zero attached hydrogens (tertiary/aromatic N) is 4. The van der Waals surface area contributed by atoms with Gasteiger partial charge in [0.2, 0.25) is 0 Å². The van der Waals surface area contributed by atoms with Crippen molar-refractivity contribution in [2.45, 2.75) is 0 Å². The number of nitro benzene ring substituents is 1. The van der Waals surface area contributed by atoms with Crippen molar-refractivity contribution in [1.82, 2.24) is 0 Å². The highest BCUT2D eigenvalue weighted by molar-refractivity contribution is 6.68. The highest BCUT2D eigenvalue weighted by Crippen LogP contribution is 2.25. The zero-order chi connectivity index (χ0) is 11.4. The summed E-state index contributed by atoms with van der Waals surface area (Å²) in [5.41, 5.74) is 7.50. The maximum atomic E-state index is 10.9. The van der Waals surface area contributed by atoms with Crippen molar-refractivity contribution in [3.8, 4) is 0 Å². The fourth-order valence-electron chi connectivity index (χ4n) is 0.955. The number of rotatable bonds is 3. The maximum Gasteiger partial charge on any atom is 0.281 e. The van der Waals surface area contributed by atoms with Crippen LogP contribution in [-0.4, -0.2) is 10.2 Å². The molecule has 0 bridgehead atoms. The minimum absolute atomic E-state index is 0.0899. The average molecular weight is 227 g/mol. The molecule has 0 radical (unpaired) electrons. The number of carbonyl (C=O) groups excluding carboxylic acids is 1. The topological polar surface area (TPSA) is 109 Å². The molecule has 0 amide bonds. The van der Waals surface area contributed by atoms with Crippen LogP contribution in [0.5, 0.6) is 0 Å². The van der Waals surface area contributed by atoms with Gasteiger partial charge in [0.05, 0.1) is 4.92 Å². The summed E-state index contributed by atoms with van der Waals surface area (Å²) < 4.78 is 0. The molecule has 0 N–H and O–H groups in total. The van der Waals surface area contributed by atoms with Crippen LogP contribution >= 0.6 is 11.6 Å². The second-order valence-electron chi connectivity index (χ2n) is 2.42. The second-order valence-corrected chi connectivity index (χ2v) is 2.76. The van der Waals surface area contributed by atoms with E-state index < -0.39 is 15.9 Å². The Morgan fingerprint density at radius 3 is 2.73 bits per heavy atom. The van der Waals surface area contributed by atoms with E-state index in [1.807, 2.05) is 0 Å². The zero-order valence-electron chi connectivity index (χ0n) is 7.12. The van der Waals surface area contributed by atoms with E-state index in [1.165, 1.54) is 6.07 Å². The van der Waals surface area contributed by atoms with Crippen molar-refractivity contribution in [2.75, 3.05) is 0 Å². The Labute approximate surface area is 88.0 Å². The van der Waals surface area contributed by atoms with Crippen molar-refractivity contribution in [2.24, 2.45) is 5.11 Å². The van der Waals surface area contributed by atoms with Crippen LogP contribution in [0.3, 0.4) is 0 Å². The molecule has 0 aromatic heterocycles. The molecular weight excluding hydrogens is 224 g/mol. The van der Waals surface area contributed by atoms with E-state index in [9.17, 15) is 14.9 Å². The average Bonchev–Trinajstić information content (AvgIpc) is 2.17. The first-order valence-electron chi connectivity index (χ1n) is 3.59. The number of carbonyl (C=O) groups is 1. The molecule has 7 nitrogen and oxygen atoms in total. The summed E-state index contributed by atoms with van der Waals surface area (Å²) in [7, 11) is 0. The minimum Gasteiger partial charge on any atom is -0.275 e. The molecular formula is C7H3ClN4O3. The van der Waals surface area contributed by atoms with Gasteiger partial charge in [-0.25, -0.2) is 0 Å². The van der Waals surface area contributed by atoms with E-state index in [0.717, 1.165) is 12.1 Å². The smallest absolute Gasteiger partial charge is 0.275 e. The van der Waals surface area contributed by atoms with Gasteiger partial charge in [0, 0.05) is 16.7 Å². The monoisotopic (exact) mass is 226 g/mol. The SMILES string of the molecule is [N-]=[N+]=Nc1ccc([N+](=O)[O-])c(C(=O)Cl)c1. The van der Waals surface area contributed by atoms with Gasteiger partial charge in [-0.15, -0.1) is 0 Å². The third-order valence-corrected chi connectivity index (χ3v) is 1.75. The van der Waals surface area contributed by atoms with E-state index in [4.69, 9.17) is 17.1 Å². The van der Waals surface area contributed by atoms with Crippen LogP contribution in [0.25, 0.3) is 10.4 Å². The predicted octanol–water partition coefficient (Wildman–Crippen LogP) is 2.92. The van der Waals surface area contributed by atoms with E-state index in [0.29, 0.717) is 0 Å². The molecule has 0 saturated carbocycles. The number of hydrogen-bond donors (Lipinski definition) is 0. The Kier molecular flexibility index (Phi) is 3.22. The molecule has 0 aliphatic heterocycles. The maximum absolute atomic E-state index is 10.9. The van der Waals surface area contributed by atoms with Crippen molar-refractivity contribution in [3.05, 3.63) is 44.3 Å². The fraction of sp³-hybridized carbons (Fsp3) is 0. The first-order valence-corrected chi connectivity index (χ1v) is 3.97. The molecule has 1 rings (SSSR count).